The van der Waals surface area contributed by atoms with Crippen LogP contribution in [0.1, 0.15) is 15.9 Å². The molecule has 2 N–H and O–H groups in total. The maximum Gasteiger partial charge on any atom is 0.251 e. The molecule has 1 amide bonds. The van der Waals surface area contributed by atoms with Crippen LogP contribution in [0, 0.1) is 11.3 Å². The van der Waals surface area contributed by atoms with Gasteiger partial charge in [-0.2, -0.15) is 10.2 Å². The van der Waals surface area contributed by atoms with Crippen molar-refractivity contribution < 1.29 is 4.79 Å². The number of fused-ring (bicyclic) bond motifs is 1. The van der Waals surface area contributed by atoms with Gasteiger partial charge in [0.1, 0.15) is 6.07 Å². The number of carbonyl (C=O) groups is 1. The van der Waals surface area contributed by atoms with Gasteiger partial charge in [0.2, 0.25) is 5.95 Å². The number of benzene rings is 2. The summed E-state index contributed by atoms with van der Waals surface area (Å²) < 4.78 is 1.68. The lowest BCUT2D eigenvalue weighted by atomic mass is 10.1. The highest BCUT2D eigenvalue weighted by atomic mass is 16.1. The van der Waals surface area contributed by atoms with Gasteiger partial charge >= 0.3 is 0 Å². The molecule has 0 spiro atoms. The Hall–Kier alpha value is -4.18. The third-order valence-corrected chi connectivity index (χ3v) is 4.33. The number of nitriles is 1. The molecule has 0 bridgehead atoms. The zero-order valence-electron chi connectivity index (χ0n) is 15.0. The molecule has 0 fully saturated rings. The van der Waals surface area contributed by atoms with E-state index in [4.69, 9.17) is 0 Å². The summed E-state index contributed by atoms with van der Waals surface area (Å²) >= 11 is 0. The molecule has 0 aliphatic heterocycles. The van der Waals surface area contributed by atoms with Gasteiger partial charge in [0.05, 0.1) is 11.3 Å². The van der Waals surface area contributed by atoms with Crippen LogP contribution in [-0.2, 0) is 0 Å². The summed E-state index contributed by atoms with van der Waals surface area (Å²) in [6.45, 7) is 0. The van der Waals surface area contributed by atoms with Crippen molar-refractivity contribution in [2.45, 2.75) is 0 Å². The Morgan fingerprint density at radius 2 is 1.79 bits per heavy atom. The molecule has 0 saturated carbocycles. The molecule has 7 nitrogen and oxygen atoms in total. The number of hydrogen-bond donors (Lipinski definition) is 2. The summed E-state index contributed by atoms with van der Waals surface area (Å²) in [4.78, 5) is 16.1. The van der Waals surface area contributed by atoms with Crippen LogP contribution in [0.2, 0.25) is 0 Å². The van der Waals surface area contributed by atoms with Gasteiger partial charge in [-0.1, -0.05) is 24.3 Å². The summed E-state index contributed by atoms with van der Waals surface area (Å²) in [6.07, 6.45) is 1.87. The number of hydrogen-bond acceptors (Lipinski definition) is 5. The minimum atomic E-state index is -0.119. The molecular formula is C21H16N6O. The highest BCUT2D eigenvalue weighted by molar-refractivity contribution is 5.94. The minimum Gasteiger partial charge on any atom is -0.355 e. The van der Waals surface area contributed by atoms with E-state index in [9.17, 15) is 10.1 Å². The number of rotatable bonds is 4. The van der Waals surface area contributed by atoms with Crippen LogP contribution in [0.15, 0.2) is 66.9 Å². The molecule has 0 aliphatic rings. The number of pyridine rings is 1. The fourth-order valence-corrected chi connectivity index (χ4v) is 2.88. The van der Waals surface area contributed by atoms with Gasteiger partial charge in [-0.25, -0.2) is 4.52 Å². The number of anilines is 2. The maximum atomic E-state index is 11.7. The predicted molar refractivity (Wildman–Crippen MR) is 106 cm³/mol. The first-order valence-corrected chi connectivity index (χ1v) is 8.63. The van der Waals surface area contributed by atoms with E-state index in [-0.39, 0.29) is 5.91 Å². The Labute approximate surface area is 161 Å². The molecule has 0 radical (unpaired) electrons. The average molecular weight is 368 g/mol. The molecule has 4 rings (SSSR count). The van der Waals surface area contributed by atoms with E-state index in [1.807, 2.05) is 48.7 Å². The molecule has 0 atom stereocenters. The maximum absolute atomic E-state index is 11.7. The number of nitrogens with one attached hydrogen (secondary N) is 2. The van der Waals surface area contributed by atoms with Crippen LogP contribution in [0.5, 0.6) is 0 Å². The van der Waals surface area contributed by atoms with Crippen molar-refractivity contribution in [3.05, 3.63) is 78.0 Å². The molecule has 28 heavy (non-hydrogen) atoms. The lowest BCUT2D eigenvalue weighted by molar-refractivity contribution is 0.0963. The molecular weight excluding hydrogens is 352 g/mol. The first-order valence-electron chi connectivity index (χ1n) is 8.63. The smallest absolute Gasteiger partial charge is 0.251 e. The number of nitrogens with zero attached hydrogens (tertiary/aromatic N) is 4. The zero-order chi connectivity index (χ0) is 19.5. The number of aromatic nitrogens is 3. The van der Waals surface area contributed by atoms with Gasteiger partial charge in [0, 0.05) is 24.4 Å². The summed E-state index contributed by atoms with van der Waals surface area (Å²) in [5.74, 6) is 0.293. The van der Waals surface area contributed by atoms with Crippen LogP contribution in [-0.4, -0.2) is 27.6 Å². The second-order valence-electron chi connectivity index (χ2n) is 6.09. The van der Waals surface area contributed by atoms with Gasteiger partial charge in [0.15, 0.2) is 5.65 Å². The summed E-state index contributed by atoms with van der Waals surface area (Å²) in [7, 11) is 1.61. The van der Waals surface area contributed by atoms with Crippen LogP contribution in [0.4, 0.5) is 11.6 Å². The Balaban J connectivity index is 1.63. The molecule has 4 aromatic rings. The molecule has 2 heterocycles. The molecule has 2 aromatic carbocycles. The van der Waals surface area contributed by atoms with Crippen LogP contribution < -0.4 is 10.6 Å². The van der Waals surface area contributed by atoms with Gasteiger partial charge in [-0.05, 0) is 42.0 Å². The molecule has 0 aliphatic carbocycles. The predicted octanol–water partition coefficient (Wildman–Crippen LogP) is 3.37. The van der Waals surface area contributed by atoms with Crippen molar-refractivity contribution in [3.8, 4) is 17.2 Å². The molecule has 0 unspecified atom stereocenters. The van der Waals surface area contributed by atoms with Crippen molar-refractivity contribution in [2.75, 3.05) is 12.4 Å². The fourth-order valence-electron chi connectivity index (χ4n) is 2.88. The van der Waals surface area contributed by atoms with Crippen molar-refractivity contribution in [1.29, 1.82) is 5.26 Å². The number of carbonyl (C=O) groups excluding carboxylic acids is 1. The van der Waals surface area contributed by atoms with Crippen molar-refractivity contribution >= 4 is 23.2 Å². The zero-order valence-corrected chi connectivity index (χ0v) is 15.0. The van der Waals surface area contributed by atoms with Crippen LogP contribution >= 0.6 is 0 Å². The standard InChI is InChI=1S/C21H16N6O/c1-23-20(28)15-8-6-14(7-9-15)17-10-11-19-25-21(26-27(19)13-17)24-18-5-3-2-4-16(18)12-22/h2-11,13H,1H3,(H,23,28)(H,24,26). The second-order valence-corrected chi connectivity index (χ2v) is 6.09. The van der Waals surface area contributed by atoms with Crippen LogP contribution in [0.25, 0.3) is 16.8 Å². The molecule has 7 heteroatoms. The summed E-state index contributed by atoms with van der Waals surface area (Å²) in [5, 5.41) is 19.4. The molecule has 2 aromatic heterocycles. The number of para-hydroxylation sites is 1. The Morgan fingerprint density at radius 3 is 2.54 bits per heavy atom. The Morgan fingerprint density at radius 1 is 1.04 bits per heavy atom. The van der Waals surface area contributed by atoms with Gasteiger partial charge in [-0.15, -0.1) is 5.10 Å². The lowest BCUT2D eigenvalue weighted by Crippen LogP contribution is -2.17. The minimum absolute atomic E-state index is 0.119. The fraction of sp³-hybridized carbons (Fsp3) is 0.0476. The van der Waals surface area contributed by atoms with Gasteiger partial charge in [-0.3, -0.25) is 4.79 Å². The first-order chi connectivity index (χ1) is 13.7. The van der Waals surface area contributed by atoms with E-state index in [0.29, 0.717) is 28.4 Å². The molecule has 136 valence electrons. The third-order valence-electron chi connectivity index (χ3n) is 4.33. The Kier molecular flexibility index (Phi) is 4.44. The van der Waals surface area contributed by atoms with E-state index >= 15 is 0 Å². The highest BCUT2D eigenvalue weighted by Gasteiger charge is 2.09. The summed E-state index contributed by atoms with van der Waals surface area (Å²) in [5.41, 5.74) is 4.39. The van der Waals surface area contributed by atoms with E-state index in [2.05, 4.69) is 26.8 Å². The molecule has 0 saturated heterocycles. The van der Waals surface area contributed by atoms with Crippen molar-refractivity contribution in [2.24, 2.45) is 0 Å². The topological polar surface area (TPSA) is 95.1 Å². The van der Waals surface area contributed by atoms with E-state index in [1.165, 1.54) is 0 Å². The Bertz CT molecular complexity index is 1200. The van der Waals surface area contributed by atoms with E-state index in [0.717, 1.165) is 11.1 Å². The first kappa shape index (κ1) is 17.2. The average Bonchev–Trinajstić information content (AvgIpc) is 3.15. The number of amides is 1. The normalized spacial score (nSPS) is 10.4. The SMILES string of the molecule is CNC(=O)c1ccc(-c2ccc3nc(Nc4ccccc4C#N)nn3c2)cc1. The highest BCUT2D eigenvalue weighted by Crippen LogP contribution is 2.22. The third kappa shape index (κ3) is 3.27. The second kappa shape index (κ2) is 7.21. The van der Waals surface area contributed by atoms with Crippen LogP contribution in [0.3, 0.4) is 0 Å². The van der Waals surface area contributed by atoms with Gasteiger partial charge < -0.3 is 10.6 Å². The van der Waals surface area contributed by atoms with Crippen molar-refractivity contribution in [1.82, 2.24) is 19.9 Å². The quantitative estimate of drug-likeness (QED) is 0.576. The monoisotopic (exact) mass is 368 g/mol. The van der Waals surface area contributed by atoms with Crippen molar-refractivity contribution in [3.63, 3.8) is 0 Å². The van der Waals surface area contributed by atoms with E-state index < -0.39 is 0 Å². The summed E-state index contributed by atoms with van der Waals surface area (Å²) in [6, 6.07) is 20.5. The van der Waals surface area contributed by atoms with Gasteiger partial charge in [0.25, 0.3) is 5.91 Å². The largest absolute Gasteiger partial charge is 0.355 e. The lowest BCUT2D eigenvalue weighted by Gasteiger charge is -2.04. The van der Waals surface area contributed by atoms with E-state index in [1.54, 1.807) is 29.8 Å².